The topological polar surface area (TPSA) is 81.9 Å². The summed E-state index contributed by atoms with van der Waals surface area (Å²) >= 11 is 0. The smallest absolute Gasteiger partial charge is 0.248 e. The molecule has 0 radical (unpaired) electrons. The van der Waals surface area contributed by atoms with Crippen molar-refractivity contribution in [3.8, 4) is 22.9 Å². The van der Waals surface area contributed by atoms with E-state index in [1.807, 2.05) is 37.3 Å². The molecule has 3 aromatic carbocycles. The fourth-order valence-electron chi connectivity index (χ4n) is 2.74. The zero-order valence-corrected chi connectivity index (χ0v) is 16.1. The van der Waals surface area contributed by atoms with Crippen molar-refractivity contribution in [3.05, 3.63) is 84.2 Å². The Kier molecular flexibility index (Phi) is 5.47. The Balaban J connectivity index is 1.43. The summed E-state index contributed by atoms with van der Waals surface area (Å²) in [6.07, 6.45) is 0. The van der Waals surface area contributed by atoms with E-state index < -0.39 is 0 Å². The van der Waals surface area contributed by atoms with Crippen molar-refractivity contribution in [3.63, 3.8) is 0 Å². The fraction of sp³-hybridized carbons (Fsp3) is 0.0909. The Bertz CT molecular complexity index is 1160. The van der Waals surface area contributed by atoms with E-state index in [1.54, 1.807) is 30.3 Å². The number of halogens is 1. The molecule has 1 heterocycles. The number of carbonyl (C=O) groups is 1. The van der Waals surface area contributed by atoms with Crippen molar-refractivity contribution in [2.45, 2.75) is 13.5 Å². The van der Waals surface area contributed by atoms with Gasteiger partial charge in [0.05, 0.1) is 5.69 Å². The molecule has 4 rings (SSSR count). The Labute approximate surface area is 172 Å². The van der Waals surface area contributed by atoms with Gasteiger partial charge in [-0.15, -0.1) is 10.2 Å². The molecular formula is C22H18FN5O2. The van der Waals surface area contributed by atoms with E-state index in [2.05, 4.69) is 20.7 Å². The molecule has 150 valence electrons. The van der Waals surface area contributed by atoms with Crippen molar-refractivity contribution >= 4 is 11.6 Å². The summed E-state index contributed by atoms with van der Waals surface area (Å²) in [6.45, 7) is 1.87. The Morgan fingerprint density at radius 1 is 1.03 bits per heavy atom. The van der Waals surface area contributed by atoms with Gasteiger partial charge in [-0.3, -0.25) is 4.79 Å². The van der Waals surface area contributed by atoms with Crippen LogP contribution in [0.5, 0.6) is 11.5 Å². The van der Waals surface area contributed by atoms with E-state index >= 15 is 0 Å². The molecule has 0 aliphatic rings. The number of anilines is 1. The van der Waals surface area contributed by atoms with Gasteiger partial charge in [-0.2, -0.15) is 4.80 Å². The third-order valence-electron chi connectivity index (χ3n) is 4.25. The number of nitrogens with zero attached hydrogens (tertiary/aromatic N) is 4. The lowest BCUT2D eigenvalue weighted by atomic mass is 10.2. The first-order chi connectivity index (χ1) is 14.6. The lowest BCUT2D eigenvalue weighted by Gasteiger charge is -2.12. The molecule has 0 saturated heterocycles. The summed E-state index contributed by atoms with van der Waals surface area (Å²) in [5.41, 5.74) is 2.27. The van der Waals surface area contributed by atoms with Gasteiger partial charge in [0, 0.05) is 5.56 Å². The minimum Gasteiger partial charge on any atom is -0.455 e. The molecule has 0 aliphatic carbocycles. The zero-order chi connectivity index (χ0) is 20.9. The first-order valence-electron chi connectivity index (χ1n) is 9.24. The van der Waals surface area contributed by atoms with Crippen molar-refractivity contribution < 1.29 is 13.9 Å². The van der Waals surface area contributed by atoms with Crippen molar-refractivity contribution in [2.75, 3.05) is 5.32 Å². The highest BCUT2D eigenvalue weighted by Crippen LogP contribution is 2.29. The third-order valence-corrected chi connectivity index (χ3v) is 4.25. The molecule has 8 heteroatoms. The van der Waals surface area contributed by atoms with E-state index in [9.17, 15) is 9.18 Å². The highest BCUT2D eigenvalue weighted by atomic mass is 19.1. The van der Waals surface area contributed by atoms with Gasteiger partial charge in [-0.25, -0.2) is 4.39 Å². The fourth-order valence-corrected chi connectivity index (χ4v) is 2.74. The molecule has 0 bridgehead atoms. The number of nitrogens with one attached hydrogen (secondary N) is 1. The largest absolute Gasteiger partial charge is 0.455 e. The second kappa shape index (κ2) is 8.52. The first-order valence-corrected chi connectivity index (χ1v) is 9.24. The number of aromatic nitrogens is 4. The quantitative estimate of drug-likeness (QED) is 0.521. The summed E-state index contributed by atoms with van der Waals surface area (Å²) in [4.78, 5) is 13.7. The minimum absolute atomic E-state index is 0.132. The number of para-hydroxylation sites is 2. The maximum Gasteiger partial charge on any atom is 0.248 e. The number of hydrogen-bond acceptors (Lipinski definition) is 5. The highest BCUT2D eigenvalue weighted by Gasteiger charge is 2.12. The van der Waals surface area contributed by atoms with E-state index in [0.29, 0.717) is 28.6 Å². The monoisotopic (exact) mass is 403 g/mol. The third kappa shape index (κ3) is 4.67. The van der Waals surface area contributed by atoms with Crippen LogP contribution < -0.4 is 10.1 Å². The van der Waals surface area contributed by atoms with Gasteiger partial charge >= 0.3 is 0 Å². The number of amides is 1. The number of carbonyl (C=O) groups excluding carboxylic acids is 1. The maximum absolute atomic E-state index is 13.0. The standard InChI is InChI=1S/C22H18FN5O2/c1-15-6-12-18(13-7-15)30-20-5-3-2-4-19(20)24-21(29)14-28-26-22(25-27-28)16-8-10-17(23)11-9-16/h2-13H,14H2,1H3,(H,24,29). The predicted octanol–water partition coefficient (Wildman–Crippen LogP) is 4.22. The number of hydrogen-bond donors (Lipinski definition) is 1. The van der Waals surface area contributed by atoms with Crippen LogP contribution in [0.1, 0.15) is 5.56 Å². The highest BCUT2D eigenvalue weighted by molar-refractivity contribution is 5.92. The van der Waals surface area contributed by atoms with Gasteiger partial charge < -0.3 is 10.1 Å². The Hall–Kier alpha value is -4.07. The second-order valence-electron chi connectivity index (χ2n) is 6.61. The summed E-state index contributed by atoms with van der Waals surface area (Å²) in [5, 5.41) is 14.8. The summed E-state index contributed by atoms with van der Waals surface area (Å²) in [7, 11) is 0. The molecule has 1 amide bonds. The van der Waals surface area contributed by atoms with Crippen LogP contribution in [-0.4, -0.2) is 26.1 Å². The van der Waals surface area contributed by atoms with Crippen molar-refractivity contribution in [1.82, 2.24) is 20.2 Å². The molecule has 1 aromatic heterocycles. The van der Waals surface area contributed by atoms with Gasteiger partial charge in [0.1, 0.15) is 18.1 Å². The van der Waals surface area contributed by atoms with E-state index in [-0.39, 0.29) is 18.3 Å². The molecule has 0 saturated carbocycles. The molecular weight excluding hydrogens is 385 g/mol. The van der Waals surface area contributed by atoms with Gasteiger partial charge in [-0.05, 0) is 60.7 Å². The second-order valence-corrected chi connectivity index (χ2v) is 6.61. The van der Waals surface area contributed by atoms with Crippen molar-refractivity contribution in [1.29, 1.82) is 0 Å². The predicted molar refractivity (Wildman–Crippen MR) is 110 cm³/mol. The molecule has 0 aliphatic heterocycles. The van der Waals surface area contributed by atoms with E-state index in [1.165, 1.54) is 16.9 Å². The molecule has 0 unspecified atom stereocenters. The zero-order valence-electron chi connectivity index (χ0n) is 16.1. The molecule has 30 heavy (non-hydrogen) atoms. The van der Waals surface area contributed by atoms with Crippen LogP contribution in [0.4, 0.5) is 10.1 Å². The van der Waals surface area contributed by atoms with Crippen LogP contribution in [0.2, 0.25) is 0 Å². The van der Waals surface area contributed by atoms with Crippen molar-refractivity contribution in [2.24, 2.45) is 0 Å². The molecule has 0 atom stereocenters. The summed E-state index contributed by atoms with van der Waals surface area (Å²) < 4.78 is 18.9. The summed E-state index contributed by atoms with van der Waals surface area (Å²) in [5.74, 6) is 0.818. The van der Waals surface area contributed by atoms with Gasteiger partial charge in [-0.1, -0.05) is 29.8 Å². The molecule has 4 aromatic rings. The lowest BCUT2D eigenvalue weighted by Crippen LogP contribution is -2.20. The van der Waals surface area contributed by atoms with Crippen LogP contribution in [0, 0.1) is 12.7 Å². The van der Waals surface area contributed by atoms with Crippen LogP contribution in [-0.2, 0) is 11.3 Å². The average molecular weight is 403 g/mol. The molecule has 1 N–H and O–H groups in total. The number of rotatable bonds is 6. The van der Waals surface area contributed by atoms with Gasteiger partial charge in [0.15, 0.2) is 5.75 Å². The summed E-state index contributed by atoms with van der Waals surface area (Å²) in [6, 6.07) is 20.5. The van der Waals surface area contributed by atoms with E-state index in [4.69, 9.17) is 4.74 Å². The Morgan fingerprint density at radius 3 is 2.53 bits per heavy atom. The first kappa shape index (κ1) is 19.3. The number of ether oxygens (including phenoxy) is 1. The van der Waals surface area contributed by atoms with Gasteiger partial charge in [0.2, 0.25) is 11.7 Å². The lowest BCUT2D eigenvalue weighted by molar-refractivity contribution is -0.117. The normalized spacial score (nSPS) is 10.6. The SMILES string of the molecule is Cc1ccc(Oc2ccccc2NC(=O)Cn2nnc(-c3ccc(F)cc3)n2)cc1. The number of aryl methyl sites for hydroxylation is 1. The molecule has 0 fully saturated rings. The minimum atomic E-state index is -0.350. The molecule has 0 spiro atoms. The van der Waals surface area contributed by atoms with E-state index in [0.717, 1.165) is 5.56 Å². The van der Waals surface area contributed by atoms with Crippen LogP contribution in [0.15, 0.2) is 72.8 Å². The maximum atomic E-state index is 13.0. The van der Waals surface area contributed by atoms with Crippen LogP contribution in [0.3, 0.4) is 0 Å². The van der Waals surface area contributed by atoms with Crippen LogP contribution >= 0.6 is 0 Å². The number of tetrazole rings is 1. The molecule has 7 nitrogen and oxygen atoms in total. The number of benzene rings is 3. The Morgan fingerprint density at radius 2 is 1.77 bits per heavy atom. The van der Waals surface area contributed by atoms with Gasteiger partial charge in [0.25, 0.3) is 0 Å². The van der Waals surface area contributed by atoms with Crippen LogP contribution in [0.25, 0.3) is 11.4 Å². The average Bonchev–Trinajstić information content (AvgIpc) is 3.20.